The quantitative estimate of drug-likeness (QED) is 0.706. The van der Waals surface area contributed by atoms with Crippen molar-refractivity contribution in [3.63, 3.8) is 0 Å². The normalized spacial score (nSPS) is 35.6. The molecule has 1 N–H and O–H groups in total. The highest BCUT2D eigenvalue weighted by atomic mass is 14.9. The lowest BCUT2D eigenvalue weighted by Crippen LogP contribution is -2.29. The van der Waals surface area contributed by atoms with Crippen LogP contribution in [-0.4, -0.2) is 13.1 Å². The Kier molecular flexibility index (Phi) is 3.71. The Balaban J connectivity index is 1.69. The second kappa shape index (κ2) is 4.86. The molecule has 0 saturated heterocycles. The Morgan fingerprint density at radius 3 is 2.33 bits per heavy atom. The van der Waals surface area contributed by atoms with E-state index in [1.165, 1.54) is 38.5 Å². The van der Waals surface area contributed by atoms with Crippen LogP contribution in [0.5, 0.6) is 0 Å². The van der Waals surface area contributed by atoms with Crippen molar-refractivity contribution in [3.05, 3.63) is 0 Å². The van der Waals surface area contributed by atoms with Crippen LogP contribution in [0.25, 0.3) is 0 Å². The molecule has 0 aromatic heterocycles. The summed E-state index contributed by atoms with van der Waals surface area (Å²) in [6, 6.07) is 0.832. The summed E-state index contributed by atoms with van der Waals surface area (Å²) in [5, 5.41) is 3.57. The van der Waals surface area contributed by atoms with Crippen LogP contribution in [0.1, 0.15) is 52.4 Å². The largest absolute Gasteiger partial charge is 0.317 e. The monoisotopic (exact) mass is 209 g/mol. The molecule has 3 unspecified atom stereocenters. The molecule has 2 aliphatic rings. The van der Waals surface area contributed by atoms with E-state index >= 15 is 0 Å². The Bertz CT molecular complexity index is 190. The summed E-state index contributed by atoms with van der Waals surface area (Å²) in [7, 11) is 2.16. The lowest BCUT2D eigenvalue weighted by atomic mass is 9.97. The molecule has 88 valence electrons. The molecule has 2 rings (SSSR count). The molecule has 0 radical (unpaired) electrons. The van der Waals surface area contributed by atoms with Crippen molar-refractivity contribution in [2.24, 2.45) is 23.7 Å². The highest BCUT2D eigenvalue weighted by Crippen LogP contribution is 2.59. The third-order valence-corrected chi connectivity index (χ3v) is 4.60. The second-order valence-corrected chi connectivity index (χ2v) is 6.06. The van der Waals surface area contributed by atoms with Crippen LogP contribution in [-0.2, 0) is 0 Å². The smallest absolute Gasteiger partial charge is 0.00978 e. The van der Waals surface area contributed by atoms with E-state index in [0.717, 1.165) is 29.7 Å². The van der Waals surface area contributed by atoms with Gasteiger partial charge in [-0.05, 0) is 50.0 Å². The number of fused-ring (bicyclic) bond motifs is 1. The molecule has 0 aromatic rings. The highest BCUT2D eigenvalue weighted by Gasteiger charge is 2.55. The molecule has 1 heteroatoms. The van der Waals surface area contributed by atoms with Gasteiger partial charge in [-0.2, -0.15) is 0 Å². The minimum atomic E-state index is 0.832. The fourth-order valence-electron chi connectivity index (χ4n) is 3.75. The summed E-state index contributed by atoms with van der Waals surface area (Å²) in [5.41, 5.74) is 0. The third kappa shape index (κ3) is 2.55. The number of nitrogens with one attached hydrogen (secondary N) is 1. The molecule has 0 amide bonds. The van der Waals surface area contributed by atoms with Crippen LogP contribution < -0.4 is 5.32 Å². The summed E-state index contributed by atoms with van der Waals surface area (Å²) in [6.07, 6.45) is 8.79. The van der Waals surface area contributed by atoms with Gasteiger partial charge in [0.15, 0.2) is 0 Å². The first kappa shape index (κ1) is 11.4. The first-order chi connectivity index (χ1) is 7.24. The standard InChI is InChI=1S/C14H27N/c1-10(2)6-4-9-13(15-3)14-11-7-5-8-12(11)14/h10-15H,4-9H2,1-3H3. The lowest BCUT2D eigenvalue weighted by molar-refractivity contribution is 0.384. The first-order valence-electron chi connectivity index (χ1n) is 6.91. The summed E-state index contributed by atoms with van der Waals surface area (Å²) >= 11 is 0. The van der Waals surface area contributed by atoms with E-state index in [0.29, 0.717) is 0 Å². The van der Waals surface area contributed by atoms with Gasteiger partial charge in [-0.1, -0.05) is 33.1 Å². The van der Waals surface area contributed by atoms with Gasteiger partial charge in [0.25, 0.3) is 0 Å². The molecule has 15 heavy (non-hydrogen) atoms. The molecule has 2 aliphatic carbocycles. The fourth-order valence-corrected chi connectivity index (χ4v) is 3.75. The van der Waals surface area contributed by atoms with E-state index < -0.39 is 0 Å². The van der Waals surface area contributed by atoms with Crippen molar-refractivity contribution in [1.82, 2.24) is 5.32 Å². The number of hydrogen-bond acceptors (Lipinski definition) is 1. The van der Waals surface area contributed by atoms with Crippen LogP contribution in [0.15, 0.2) is 0 Å². The van der Waals surface area contributed by atoms with Crippen LogP contribution in [0.4, 0.5) is 0 Å². The van der Waals surface area contributed by atoms with E-state index in [1.54, 1.807) is 0 Å². The minimum absolute atomic E-state index is 0.832. The van der Waals surface area contributed by atoms with Gasteiger partial charge in [-0.15, -0.1) is 0 Å². The van der Waals surface area contributed by atoms with Crippen molar-refractivity contribution in [2.45, 2.75) is 58.4 Å². The van der Waals surface area contributed by atoms with Crippen molar-refractivity contribution < 1.29 is 0 Å². The van der Waals surface area contributed by atoms with Gasteiger partial charge in [0, 0.05) is 6.04 Å². The second-order valence-electron chi connectivity index (χ2n) is 6.06. The Labute approximate surface area is 95.0 Å². The summed E-state index contributed by atoms with van der Waals surface area (Å²) in [4.78, 5) is 0. The van der Waals surface area contributed by atoms with E-state index in [1.807, 2.05) is 0 Å². The van der Waals surface area contributed by atoms with Crippen LogP contribution in [0.3, 0.4) is 0 Å². The van der Waals surface area contributed by atoms with Gasteiger partial charge in [-0.25, -0.2) is 0 Å². The molecular weight excluding hydrogens is 182 g/mol. The molecule has 2 fully saturated rings. The van der Waals surface area contributed by atoms with E-state index in [-0.39, 0.29) is 0 Å². The topological polar surface area (TPSA) is 12.0 Å². The molecule has 0 heterocycles. The van der Waals surface area contributed by atoms with Crippen molar-refractivity contribution in [3.8, 4) is 0 Å². The Morgan fingerprint density at radius 1 is 1.13 bits per heavy atom. The Morgan fingerprint density at radius 2 is 1.80 bits per heavy atom. The zero-order valence-electron chi connectivity index (χ0n) is 10.6. The molecule has 3 atom stereocenters. The Hall–Kier alpha value is -0.0400. The van der Waals surface area contributed by atoms with Gasteiger partial charge in [-0.3, -0.25) is 0 Å². The maximum atomic E-state index is 3.57. The third-order valence-electron chi connectivity index (χ3n) is 4.60. The minimum Gasteiger partial charge on any atom is -0.317 e. The van der Waals surface area contributed by atoms with Crippen LogP contribution >= 0.6 is 0 Å². The zero-order valence-corrected chi connectivity index (χ0v) is 10.6. The maximum absolute atomic E-state index is 3.57. The van der Waals surface area contributed by atoms with Crippen molar-refractivity contribution in [1.29, 1.82) is 0 Å². The van der Waals surface area contributed by atoms with Crippen LogP contribution in [0, 0.1) is 23.7 Å². The first-order valence-corrected chi connectivity index (χ1v) is 6.91. The van der Waals surface area contributed by atoms with Crippen molar-refractivity contribution in [2.75, 3.05) is 7.05 Å². The average molecular weight is 209 g/mol. The van der Waals surface area contributed by atoms with Gasteiger partial charge < -0.3 is 5.32 Å². The van der Waals surface area contributed by atoms with Gasteiger partial charge >= 0.3 is 0 Å². The molecule has 2 saturated carbocycles. The highest BCUT2D eigenvalue weighted by molar-refractivity contribution is 5.05. The molecule has 0 bridgehead atoms. The number of rotatable bonds is 6. The van der Waals surface area contributed by atoms with E-state index in [2.05, 4.69) is 26.2 Å². The van der Waals surface area contributed by atoms with Crippen molar-refractivity contribution >= 4 is 0 Å². The summed E-state index contributed by atoms with van der Waals surface area (Å²) in [6.45, 7) is 4.67. The predicted molar refractivity (Wildman–Crippen MR) is 65.9 cm³/mol. The molecule has 0 spiro atoms. The molecule has 0 aliphatic heterocycles. The average Bonchev–Trinajstić information content (AvgIpc) is 2.69. The van der Waals surface area contributed by atoms with Gasteiger partial charge in [0.05, 0.1) is 0 Å². The molecule has 0 aromatic carbocycles. The summed E-state index contributed by atoms with van der Waals surface area (Å²) in [5.74, 6) is 4.15. The van der Waals surface area contributed by atoms with Gasteiger partial charge in [0.2, 0.25) is 0 Å². The SMILES string of the molecule is CNC(CCCC(C)C)C1C2CCCC21. The molecular formula is C14H27N. The lowest BCUT2D eigenvalue weighted by Gasteiger charge is -2.18. The van der Waals surface area contributed by atoms with Gasteiger partial charge in [0.1, 0.15) is 0 Å². The fraction of sp³-hybridized carbons (Fsp3) is 1.00. The van der Waals surface area contributed by atoms with E-state index in [9.17, 15) is 0 Å². The summed E-state index contributed by atoms with van der Waals surface area (Å²) < 4.78 is 0. The van der Waals surface area contributed by atoms with E-state index in [4.69, 9.17) is 0 Å². The predicted octanol–water partition coefficient (Wildman–Crippen LogP) is 3.45. The maximum Gasteiger partial charge on any atom is 0.00978 e. The zero-order chi connectivity index (χ0) is 10.8. The molecule has 1 nitrogen and oxygen atoms in total. The van der Waals surface area contributed by atoms with Crippen LogP contribution in [0.2, 0.25) is 0 Å². The number of hydrogen-bond donors (Lipinski definition) is 1.